The van der Waals surface area contributed by atoms with Gasteiger partial charge in [-0.3, -0.25) is 9.69 Å². The summed E-state index contributed by atoms with van der Waals surface area (Å²) in [5, 5.41) is 11.6. The van der Waals surface area contributed by atoms with E-state index >= 15 is 0 Å². The summed E-state index contributed by atoms with van der Waals surface area (Å²) in [6, 6.07) is 9.12. The van der Waals surface area contributed by atoms with Crippen LogP contribution in [0.2, 0.25) is 0 Å². The van der Waals surface area contributed by atoms with Crippen LogP contribution in [-0.2, 0) is 4.79 Å². The van der Waals surface area contributed by atoms with Crippen LogP contribution in [0.15, 0.2) is 24.3 Å². The lowest BCUT2D eigenvalue weighted by Gasteiger charge is -2.31. The van der Waals surface area contributed by atoms with E-state index in [0.717, 1.165) is 18.7 Å². The predicted octanol–water partition coefficient (Wildman–Crippen LogP) is 3.01. The van der Waals surface area contributed by atoms with Gasteiger partial charge in [0, 0.05) is 11.7 Å². The summed E-state index contributed by atoms with van der Waals surface area (Å²) in [4.78, 5) is 14.4. The van der Waals surface area contributed by atoms with Gasteiger partial charge in [-0.1, -0.05) is 6.92 Å². The summed E-state index contributed by atoms with van der Waals surface area (Å²) in [5.74, 6) is -0.0168. The summed E-state index contributed by atoms with van der Waals surface area (Å²) < 4.78 is 0. The minimum absolute atomic E-state index is 0.0168. The Morgan fingerprint density at radius 2 is 1.90 bits per heavy atom. The van der Waals surface area contributed by atoms with Crippen LogP contribution in [0.4, 0.5) is 5.69 Å². The van der Waals surface area contributed by atoms with Crippen molar-refractivity contribution < 1.29 is 4.79 Å². The van der Waals surface area contributed by atoms with Crippen molar-refractivity contribution in [2.45, 2.75) is 46.2 Å². The van der Waals surface area contributed by atoms with Gasteiger partial charge in [-0.05, 0) is 58.0 Å². The van der Waals surface area contributed by atoms with Gasteiger partial charge in [0.2, 0.25) is 5.91 Å². The lowest BCUT2D eigenvalue weighted by atomic mass is 10.1. The van der Waals surface area contributed by atoms with Crippen LogP contribution >= 0.6 is 0 Å². The summed E-state index contributed by atoms with van der Waals surface area (Å²) in [5.41, 5.74) is 1.31. The number of nitriles is 1. The number of hydrogen-bond acceptors (Lipinski definition) is 3. The summed E-state index contributed by atoms with van der Waals surface area (Å²) in [6.07, 6.45) is 1.02. The first-order valence-electron chi connectivity index (χ1n) is 7.06. The van der Waals surface area contributed by atoms with Crippen LogP contribution in [0, 0.1) is 11.3 Å². The first-order chi connectivity index (χ1) is 9.49. The molecule has 0 heterocycles. The molecule has 1 aromatic rings. The van der Waals surface area contributed by atoms with E-state index in [4.69, 9.17) is 5.26 Å². The molecule has 0 radical (unpaired) electrons. The third-order valence-electron chi connectivity index (χ3n) is 3.30. The van der Waals surface area contributed by atoms with E-state index in [2.05, 4.69) is 37.1 Å². The molecule has 108 valence electrons. The van der Waals surface area contributed by atoms with Crippen LogP contribution in [0.1, 0.15) is 39.7 Å². The zero-order chi connectivity index (χ0) is 15.1. The smallest absolute Gasteiger partial charge is 0.241 e. The van der Waals surface area contributed by atoms with Gasteiger partial charge in [0.1, 0.15) is 0 Å². The molecule has 1 aromatic carbocycles. The zero-order valence-electron chi connectivity index (χ0n) is 12.7. The number of rotatable bonds is 6. The summed E-state index contributed by atoms with van der Waals surface area (Å²) in [6.45, 7) is 9.14. The topological polar surface area (TPSA) is 56.1 Å². The number of hydrogen-bond donors (Lipinski definition) is 1. The molecule has 0 saturated carbocycles. The number of carbonyl (C=O) groups is 1. The van der Waals surface area contributed by atoms with Crippen molar-refractivity contribution in [2.75, 3.05) is 11.9 Å². The van der Waals surface area contributed by atoms with E-state index in [1.54, 1.807) is 24.3 Å². The monoisotopic (exact) mass is 273 g/mol. The number of nitrogens with one attached hydrogen (secondary N) is 1. The third-order valence-corrected chi connectivity index (χ3v) is 3.30. The highest BCUT2D eigenvalue weighted by Gasteiger charge is 2.22. The lowest BCUT2D eigenvalue weighted by molar-refractivity contribution is -0.121. The molecule has 1 atom stereocenters. The molecule has 0 saturated heterocycles. The molecule has 4 heteroatoms. The highest BCUT2D eigenvalue weighted by atomic mass is 16.2. The Labute approximate surface area is 121 Å². The van der Waals surface area contributed by atoms with Gasteiger partial charge in [-0.15, -0.1) is 0 Å². The maximum atomic E-state index is 12.3. The van der Waals surface area contributed by atoms with E-state index in [9.17, 15) is 4.79 Å². The SMILES string of the molecule is CCCN(C(C)C)C(C)C(=O)Nc1ccc(C#N)cc1. The number of anilines is 1. The standard InChI is InChI=1S/C16H23N3O/c1-5-10-19(12(2)3)13(4)16(20)18-15-8-6-14(11-17)7-9-15/h6-9,12-13H,5,10H2,1-4H3,(H,18,20). The van der Waals surface area contributed by atoms with Gasteiger partial charge in [0.25, 0.3) is 0 Å². The zero-order valence-corrected chi connectivity index (χ0v) is 12.7. The largest absolute Gasteiger partial charge is 0.325 e. The fraction of sp³-hybridized carbons (Fsp3) is 0.500. The molecule has 1 amide bonds. The minimum Gasteiger partial charge on any atom is -0.325 e. The lowest BCUT2D eigenvalue weighted by Crippen LogP contribution is -2.46. The predicted molar refractivity (Wildman–Crippen MR) is 81.4 cm³/mol. The molecule has 0 aliphatic rings. The summed E-state index contributed by atoms with van der Waals surface area (Å²) in [7, 11) is 0. The van der Waals surface area contributed by atoms with E-state index in [1.165, 1.54) is 0 Å². The van der Waals surface area contributed by atoms with Crippen molar-refractivity contribution in [3.05, 3.63) is 29.8 Å². The molecule has 0 bridgehead atoms. The third kappa shape index (κ3) is 4.36. The van der Waals surface area contributed by atoms with Crippen molar-refractivity contribution in [3.8, 4) is 6.07 Å². The van der Waals surface area contributed by atoms with Crippen LogP contribution < -0.4 is 5.32 Å². The quantitative estimate of drug-likeness (QED) is 0.866. The molecule has 0 aliphatic heterocycles. The van der Waals surface area contributed by atoms with Crippen LogP contribution in [0.25, 0.3) is 0 Å². The first kappa shape index (κ1) is 16.2. The molecule has 0 aliphatic carbocycles. The van der Waals surface area contributed by atoms with E-state index < -0.39 is 0 Å². The Morgan fingerprint density at radius 3 is 2.35 bits per heavy atom. The molecular formula is C16H23N3O. The average Bonchev–Trinajstić information content (AvgIpc) is 2.44. The van der Waals surface area contributed by atoms with E-state index in [0.29, 0.717) is 11.6 Å². The van der Waals surface area contributed by atoms with Gasteiger partial charge in [-0.25, -0.2) is 0 Å². The first-order valence-corrected chi connectivity index (χ1v) is 7.06. The van der Waals surface area contributed by atoms with E-state index in [-0.39, 0.29) is 11.9 Å². The number of benzene rings is 1. The van der Waals surface area contributed by atoms with Gasteiger partial charge in [-0.2, -0.15) is 5.26 Å². The molecule has 20 heavy (non-hydrogen) atoms. The fourth-order valence-corrected chi connectivity index (χ4v) is 2.18. The van der Waals surface area contributed by atoms with Crippen molar-refractivity contribution in [1.29, 1.82) is 5.26 Å². The highest BCUT2D eigenvalue weighted by Crippen LogP contribution is 2.12. The van der Waals surface area contributed by atoms with Crippen molar-refractivity contribution in [2.24, 2.45) is 0 Å². The Bertz CT molecular complexity index is 473. The highest BCUT2D eigenvalue weighted by molar-refractivity contribution is 5.94. The van der Waals surface area contributed by atoms with Gasteiger partial charge in [0.05, 0.1) is 17.7 Å². The van der Waals surface area contributed by atoms with E-state index in [1.807, 2.05) is 6.92 Å². The average molecular weight is 273 g/mol. The van der Waals surface area contributed by atoms with Crippen molar-refractivity contribution in [3.63, 3.8) is 0 Å². The normalized spacial score (nSPS) is 12.2. The van der Waals surface area contributed by atoms with Gasteiger partial charge < -0.3 is 5.32 Å². The second-order valence-electron chi connectivity index (χ2n) is 5.19. The van der Waals surface area contributed by atoms with Crippen molar-refractivity contribution >= 4 is 11.6 Å². The van der Waals surface area contributed by atoms with Crippen molar-refractivity contribution in [1.82, 2.24) is 4.90 Å². The van der Waals surface area contributed by atoms with Crippen LogP contribution in [0.3, 0.4) is 0 Å². The Hall–Kier alpha value is -1.86. The molecule has 0 aromatic heterocycles. The molecule has 0 fully saturated rings. The molecule has 0 spiro atoms. The molecule has 1 N–H and O–H groups in total. The van der Waals surface area contributed by atoms with Crippen LogP contribution in [-0.4, -0.2) is 29.4 Å². The summed E-state index contributed by atoms with van der Waals surface area (Å²) >= 11 is 0. The number of amides is 1. The van der Waals surface area contributed by atoms with Gasteiger partial charge in [0.15, 0.2) is 0 Å². The Kier molecular flexibility index (Phi) is 6.20. The minimum atomic E-state index is -0.175. The maximum absolute atomic E-state index is 12.3. The molecule has 1 unspecified atom stereocenters. The van der Waals surface area contributed by atoms with Crippen LogP contribution in [0.5, 0.6) is 0 Å². The Morgan fingerprint density at radius 1 is 1.30 bits per heavy atom. The Balaban J connectivity index is 2.71. The molecule has 1 rings (SSSR count). The second kappa shape index (κ2) is 7.66. The number of carbonyl (C=O) groups excluding carboxylic acids is 1. The second-order valence-corrected chi connectivity index (χ2v) is 5.19. The van der Waals surface area contributed by atoms with Gasteiger partial charge >= 0.3 is 0 Å². The molecular weight excluding hydrogens is 250 g/mol. The maximum Gasteiger partial charge on any atom is 0.241 e. The molecule has 4 nitrogen and oxygen atoms in total. The number of nitrogens with zero attached hydrogens (tertiary/aromatic N) is 2. The fourth-order valence-electron chi connectivity index (χ4n) is 2.18.